The molecule has 5 heteroatoms. The SMILES string of the molecule is c1ccc(N2B3c4ccc(-c5cccc(-n6c7ccccc7c7ccccc76)c5)cc4Oc4cc(-c5cccc([Si](c6ccccc6)(c6ccccc6)c6ccccc6)c5)cc(c43)-c3ccccc32)cc1. The Hall–Kier alpha value is -8.90. The van der Waals surface area contributed by atoms with Gasteiger partial charge in [0.25, 0.3) is 0 Å². The summed E-state index contributed by atoms with van der Waals surface area (Å²) in [5.74, 6) is 1.74. The van der Waals surface area contributed by atoms with Crippen LogP contribution in [0.5, 0.6) is 11.5 Å². The molecule has 2 aliphatic heterocycles. The van der Waals surface area contributed by atoms with E-state index in [1.54, 1.807) is 0 Å². The standard InChI is InChI=1S/C66H45BN2OSi/c1-5-23-50(24-6-1)69-63-38-18-15-35-58(63)59-43-49(47-22-20-32-55(42-47)71(52-26-7-2-8-27-52,53-28-9-3-10-29-53)54-30-11-4-12-31-54)45-65-66(59)67(69)60-40-39-48(44-64(60)70-65)46-21-19-25-51(41-46)68-61-36-16-13-33-56(61)57-34-14-17-37-62(57)68/h1-45H. The van der Waals surface area contributed by atoms with E-state index in [9.17, 15) is 0 Å². The quantitative estimate of drug-likeness (QED) is 0.112. The second kappa shape index (κ2) is 16.7. The van der Waals surface area contributed by atoms with Gasteiger partial charge < -0.3 is 14.1 Å². The molecule has 0 amide bonds. The largest absolute Gasteiger partial charge is 0.458 e. The van der Waals surface area contributed by atoms with Crippen molar-refractivity contribution in [3.8, 4) is 50.6 Å². The zero-order valence-corrected chi connectivity index (χ0v) is 39.9. The Labute approximate surface area is 415 Å². The highest BCUT2D eigenvalue weighted by Crippen LogP contribution is 2.46. The summed E-state index contributed by atoms with van der Waals surface area (Å²) in [6.45, 7) is -0.131. The lowest BCUT2D eigenvalue weighted by Gasteiger charge is -2.42. The van der Waals surface area contributed by atoms with E-state index in [0.717, 1.165) is 50.6 Å². The fourth-order valence-corrected chi connectivity index (χ4v) is 16.7. The van der Waals surface area contributed by atoms with E-state index in [0.29, 0.717) is 0 Å². The highest BCUT2D eigenvalue weighted by molar-refractivity contribution is 7.20. The van der Waals surface area contributed by atoms with Crippen LogP contribution in [-0.4, -0.2) is 19.5 Å². The Morgan fingerprint density at radius 1 is 0.338 bits per heavy atom. The van der Waals surface area contributed by atoms with E-state index in [1.807, 2.05) is 0 Å². The van der Waals surface area contributed by atoms with Gasteiger partial charge >= 0.3 is 6.85 Å². The molecule has 3 heterocycles. The minimum absolute atomic E-state index is 0.131. The molecule has 2 aliphatic rings. The Morgan fingerprint density at radius 3 is 1.51 bits per heavy atom. The third kappa shape index (κ3) is 6.51. The summed E-state index contributed by atoms with van der Waals surface area (Å²) >= 11 is 0. The molecule has 3 nitrogen and oxygen atoms in total. The number of nitrogens with zero attached hydrogens (tertiary/aromatic N) is 2. The Morgan fingerprint density at radius 2 is 0.845 bits per heavy atom. The van der Waals surface area contributed by atoms with Gasteiger partial charge in [-0.2, -0.15) is 0 Å². The van der Waals surface area contributed by atoms with Gasteiger partial charge in [-0.1, -0.05) is 212 Å². The average Bonchev–Trinajstić information content (AvgIpc) is 3.79. The van der Waals surface area contributed by atoms with Crippen molar-refractivity contribution in [1.82, 2.24) is 4.57 Å². The number of benzene rings is 11. The molecule has 14 rings (SSSR count). The molecule has 0 saturated carbocycles. The molecular formula is C66H45BN2OSi. The molecule has 11 aromatic carbocycles. The maximum atomic E-state index is 7.35. The van der Waals surface area contributed by atoms with Crippen LogP contribution in [-0.2, 0) is 0 Å². The Kier molecular flexibility index (Phi) is 9.65. The first-order chi connectivity index (χ1) is 35.2. The molecular weight excluding hydrogens is 876 g/mol. The molecule has 0 bridgehead atoms. The molecule has 0 spiro atoms. The molecule has 1 aromatic heterocycles. The van der Waals surface area contributed by atoms with E-state index < -0.39 is 8.07 Å². The summed E-state index contributed by atoms with van der Waals surface area (Å²) in [6.07, 6.45) is 0. The van der Waals surface area contributed by atoms with Gasteiger partial charge in [-0.3, -0.25) is 0 Å². The zero-order valence-electron chi connectivity index (χ0n) is 38.9. The van der Waals surface area contributed by atoms with Crippen LogP contribution in [0.2, 0.25) is 0 Å². The molecule has 0 radical (unpaired) electrons. The minimum atomic E-state index is -2.79. The number of aromatic nitrogens is 1. The van der Waals surface area contributed by atoms with Gasteiger partial charge in [-0.15, -0.1) is 0 Å². The van der Waals surface area contributed by atoms with Crippen molar-refractivity contribution in [2.75, 3.05) is 4.81 Å². The van der Waals surface area contributed by atoms with E-state index >= 15 is 0 Å². The number of anilines is 2. The van der Waals surface area contributed by atoms with Gasteiger partial charge in [0, 0.05) is 38.9 Å². The Bertz CT molecular complexity index is 3840. The van der Waals surface area contributed by atoms with Crippen molar-refractivity contribution in [3.05, 3.63) is 273 Å². The van der Waals surface area contributed by atoms with Crippen molar-refractivity contribution in [3.63, 3.8) is 0 Å². The summed E-state index contributed by atoms with van der Waals surface area (Å²) in [5.41, 5.74) is 15.0. The van der Waals surface area contributed by atoms with Crippen LogP contribution in [0, 0.1) is 0 Å². The highest BCUT2D eigenvalue weighted by atomic mass is 28.3. The molecule has 0 N–H and O–H groups in total. The zero-order chi connectivity index (χ0) is 46.9. The molecule has 332 valence electrons. The molecule has 0 aliphatic carbocycles. The van der Waals surface area contributed by atoms with Gasteiger partial charge in [0.2, 0.25) is 0 Å². The van der Waals surface area contributed by atoms with Gasteiger partial charge in [0.15, 0.2) is 8.07 Å². The smallest absolute Gasteiger partial charge is 0.336 e. The maximum Gasteiger partial charge on any atom is 0.336 e. The summed E-state index contributed by atoms with van der Waals surface area (Å²) in [7, 11) is -2.79. The first kappa shape index (κ1) is 41.1. The highest BCUT2D eigenvalue weighted by Gasteiger charge is 2.45. The number of ether oxygens (including phenoxy) is 1. The van der Waals surface area contributed by atoms with Crippen molar-refractivity contribution in [1.29, 1.82) is 0 Å². The summed E-state index contributed by atoms with van der Waals surface area (Å²) in [6, 6.07) is 101. The molecule has 0 saturated heterocycles. The Balaban J connectivity index is 0.953. The van der Waals surface area contributed by atoms with Gasteiger partial charge in [-0.25, -0.2) is 0 Å². The van der Waals surface area contributed by atoms with Gasteiger partial charge in [0.05, 0.1) is 11.0 Å². The lowest BCUT2D eigenvalue weighted by Crippen LogP contribution is -2.74. The number of hydrogen-bond donors (Lipinski definition) is 0. The molecule has 12 aromatic rings. The van der Waals surface area contributed by atoms with Crippen molar-refractivity contribution in [2.45, 2.75) is 0 Å². The van der Waals surface area contributed by atoms with Crippen molar-refractivity contribution in [2.24, 2.45) is 0 Å². The number of para-hydroxylation sites is 4. The topological polar surface area (TPSA) is 17.4 Å². The maximum absolute atomic E-state index is 7.35. The molecule has 0 unspecified atom stereocenters. The van der Waals surface area contributed by atoms with E-state index in [-0.39, 0.29) is 6.85 Å². The predicted octanol–water partition coefficient (Wildman–Crippen LogP) is 12.5. The van der Waals surface area contributed by atoms with Gasteiger partial charge in [0.1, 0.15) is 11.5 Å². The average molecular weight is 921 g/mol. The normalized spacial score (nSPS) is 12.6. The van der Waals surface area contributed by atoms with Crippen LogP contribution in [0.3, 0.4) is 0 Å². The third-order valence-electron chi connectivity index (χ3n) is 15.0. The van der Waals surface area contributed by atoms with Gasteiger partial charge in [-0.05, 0) is 115 Å². The van der Waals surface area contributed by atoms with Crippen LogP contribution in [0.25, 0.3) is 60.9 Å². The number of fused-ring (bicyclic) bond motifs is 7. The van der Waals surface area contributed by atoms with Crippen molar-refractivity contribution >= 4 is 79.8 Å². The lowest BCUT2D eigenvalue weighted by atomic mass is 9.44. The van der Waals surface area contributed by atoms with Crippen LogP contribution in [0.4, 0.5) is 11.4 Å². The van der Waals surface area contributed by atoms with E-state index in [2.05, 4.69) is 282 Å². The van der Waals surface area contributed by atoms with Crippen LogP contribution >= 0.6 is 0 Å². The summed E-state index contributed by atoms with van der Waals surface area (Å²) in [5, 5.41) is 7.89. The van der Waals surface area contributed by atoms with E-state index in [4.69, 9.17) is 4.74 Å². The van der Waals surface area contributed by atoms with Crippen LogP contribution in [0.1, 0.15) is 0 Å². The summed E-state index contributed by atoms with van der Waals surface area (Å²) in [4.78, 5) is 2.52. The second-order valence-corrected chi connectivity index (χ2v) is 22.6. The number of hydrogen-bond acceptors (Lipinski definition) is 2. The lowest BCUT2D eigenvalue weighted by molar-refractivity contribution is 0.487. The third-order valence-corrected chi connectivity index (χ3v) is 19.7. The first-order valence-electron chi connectivity index (χ1n) is 24.5. The monoisotopic (exact) mass is 920 g/mol. The molecule has 0 fully saturated rings. The predicted molar refractivity (Wildman–Crippen MR) is 301 cm³/mol. The summed E-state index contributed by atoms with van der Waals surface area (Å²) < 4.78 is 9.74. The second-order valence-electron chi connectivity index (χ2n) is 18.8. The minimum Gasteiger partial charge on any atom is -0.458 e. The van der Waals surface area contributed by atoms with Crippen molar-refractivity contribution < 1.29 is 4.74 Å². The number of rotatable bonds is 8. The van der Waals surface area contributed by atoms with Crippen LogP contribution in [0.15, 0.2) is 273 Å². The van der Waals surface area contributed by atoms with Crippen LogP contribution < -0.4 is 41.2 Å². The van der Waals surface area contributed by atoms with E-state index in [1.165, 1.54) is 64.8 Å². The fraction of sp³-hybridized carbons (Fsp3) is 0. The fourth-order valence-electron chi connectivity index (χ4n) is 11.9. The first-order valence-corrected chi connectivity index (χ1v) is 26.5. The molecule has 71 heavy (non-hydrogen) atoms. The molecule has 0 atom stereocenters.